The fraction of sp³-hybridized carbons (Fsp3) is 0.739. The zero-order valence-electron chi connectivity index (χ0n) is 19.1. The fourth-order valence-corrected chi connectivity index (χ4v) is 6.48. The van der Waals surface area contributed by atoms with Crippen molar-refractivity contribution in [3.8, 4) is 0 Å². The number of rotatable bonds is 5. The van der Waals surface area contributed by atoms with Gasteiger partial charge in [0, 0.05) is 32.3 Å². The van der Waals surface area contributed by atoms with Crippen LogP contribution in [-0.4, -0.2) is 67.8 Å². The van der Waals surface area contributed by atoms with E-state index in [9.17, 15) is 13.2 Å². The molecule has 0 aromatic carbocycles. The molecule has 31 heavy (non-hydrogen) atoms. The summed E-state index contributed by atoms with van der Waals surface area (Å²) in [6.07, 6.45) is 7.03. The first-order chi connectivity index (χ1) is 14.6. The van der Waals surface area contributed by atoms with Crippen molar-refractivity contribution in [3.63, 3.8) is 0 Å². The minimum atomic E-state index is -3.56. The highest BCUT2D eigenvalue weighted by molar-refractivity contribution is 7.89. The molecule has 7 nitrogen and oxygen atoms in total. The van der Waals surface area contributed by atoms with Gasteiger partial charge >= 0.3 is 0 Å². The van der Waals surface area contributed by atoms with Crippen molar-refractivity contribution in [1.29, 1.82) is 0 Å². The number of sulfonamides is 1. The molecule has 0 bridgehead atoms. The van der Waals surface area contributed by atoms with E-state index in [0.29, 0.717) is 37.3 Å². The van der Waals surface area contributed by atoms with E-state index in [1.54, 1.807) is 21.3 Å². The highest BCUT2D eigenvalue weighted by Gasteiger charge is 2.44. The molecule has 1 aromatic heterocycles. The summed E-state index contributed by atoms with van der Waals surface area (Å²) in [4.78, 5) is 20.6. The zero-order valence-corrected chi connectivity index (χ0v) is 20.0. The average Bonchev–Trinajstić information content (AvgIpc) is 3.34. The molecule has 0 atom stereocenters. The maximum atomic E-state index is 13.2. The molecule has 3 fully saturated rings. The minimum absolute atomic E-state index is 0.0541. The summed E-state index contributed by atoms with van der Waals surface area (Å²) in [5.74, 6) is 0.598. The van der Waals surface area contributed by atoms with E-state index in [-0.39, 0.29) is 16.2 Å². The number of nitrogens with zero attached hydrogens (tertiary/aromatic N) is 4. The van der Waals surface area contributed by atoms with Gasteiger partial charge in [0.15, 0.2) is 0 Å². The molecule has 0 radical (unpaired) electrons. The topological polar surface area (TPSA) is 73.8 Å². The molecule has 3 aliphatic rings. The number of anilines is 1. The summed E-state index contributed by atoms with van der Waals surface area (Å²) in [6, 6.07) is 3.26. The van der Waals surface area contributed by atoms with Crippen LogP contribution in [0.25, 0.3) is 0 Å². The number of piperidine rings is 1. The molecule has 4 rings (SSSR count). The van der Waals surface area contributed by atoms with Gasteiger partial charge in [0.2, 0.25) is 15.9 Å². The Morgan fingerprint density at radius 3 is 2.35 bits per heavy atom. The Hall–Kier alpha value is -1.51. The third kappa shape index (κ3) is 4.96. The van der Waals surface area contributed by atoms with E-state index in [0.717, 1.165) is 45.3 Å². The molecule has 1 aromatic rings. The van der Waals surface area contributed by atoms with Crippen LogP contribution >= 0.6 is 0 Å². The summed E-state index contributed by atoms with van der Waals surface area (Å²) >= 11 is 0. The lowest BCUT2D eigenvalue weighted by molar-refractivity contribution is -0.117. The van der Waals surface area contributed by atoms with Gasteiger partial charge in [-0.2, -0.15) is 4.31 Å². The Kier molecular flexibility index (Phi) is 6.18. The average molecular weight is 449 g/mol. The Morgan fingerprint density at radius 2 is 1.77 bits per heavy atom. The Morgan fingerprint density at radius 1 is 1.06 bits per heavy atom. The smallest absolute Gasteiger partial charge is 0.244 e. The quantitative estimate of drug-likeness (QED) is 0.692. The molecule has 4 heterocycles. The van der Waals surface area contributed by atoms with Crippen LogP contribution in [-0.2, 0) is 14.8 Å². The first kappa shape index (κ1) is 22.7. The van der Waals surface area contributed by atoms with Crippen LogP contribution in [0.4, 0.5) is 5.82 Å². The number of amides is 1. The molecule has 0 saturated carbocycles. The van der Waals surface area contributed by atoms with E-state index < -0.39 is 10.0 Å². The van der Waals surface area contributed by atoms with Crippen LogP contribution in [0.5, 0.6) is 0 Å². The van der Waals surface area contributed by atoms with Gasteiger partial charge in [-0.05, 0) is 74.7 Å². The second kappa shape index (κ2) is 8.45. The van der Waals surface area contributed by atoms with Crippen LogP contribution in [0, 0.1) is 10.8 Å². The molecule has 0 aliphatic carbocycles. The van der Waals surface area contributed by atoms with Gasteiger partial charge in [0.1, 0.15) is 10.7 Å². The second-order valence-corrected chi connectivity index (χ2v) is 12.7. The lowest BCUT2D eigenvalue weighted by Crippen LogP contribution is -2.43. The van der Waals surface area contributed by atoms with E-state index in [4.69, 9.17) is 0 Å². The minimum Gasteiger partial charge on any atom is -0.303 e. The van der Waals surface area contributed by atoms with Crippen molar-refractivity contribution in [1.82, 2.24) is 14.2 Å². The number of carbonyl (C=O) groups excluding carboxylic acids is 1. The van der Waals surface area contributed by atoms with Gasteiger partial charge in [-0.3, -0.25) is 9.69 Å². The fourth-order valence-electron chi connectivity index (χ4n) is 4.98. The van der Waals surface area contributed by atoms with Crippen molar-refractivity contribution in [2.45, 2.75) is 64.2 Å². The first-order valence-electron chi connectivity index (χ1n) is 11.6. The van der Waals surface area contributed by atoms with Gasteiger partial charge in [-0.1, -0.05) is 20.8 Å². The largest absolute Gasteiger partial charge is 0.303 e. The van der Waals surface area contributed by atoms with Gasteiger partial charge in [-0.25, -0.2) is 13.4 Å². The molecule has 3 saturated heterocycles. The first-order valence-corrected chi connectivity index (χ1v) is 13.0. The maximum absolute atomic E-state index is 13.2. The highest BCUT2D eigenvalue weighted by Crippen LogP contribution is 2.42. The predicted octanol–water partition coefficient (Wildman–Crippen LogP) is 3.12. The Bertz CT molecular complexity index is 900. The lowest BCUT2D eigenvalue weighted by atomic mass is 9.77. The third-order valence-corrected chi connectivity index (χ3v) is 9.04. The van der Waals surface area contributed by atoms with Crippen molar-refractivity contribution >= 4 is 21.7 Å². The maximum Gasteiger partial charge on any atom is 0.244 e. The molecular formula is C23H36N4O3S. The van der Waals surface area contributed by atoms with E-state index >= 15 is 0 Å². The lowest BCUT2D eigenvalue weighted by Gasteiger charge is -2.40. The molecule has 1 amide bonds. The number of aromatic nitrogens is 1. The van der Waals surface area contributed by atoms with Crippen LogP contribution in [0.3, 0.4) is 0 Å². The number of pyridine rings is 1. The van der Waals surface area contributed by atoms with E-state index in [1.165, 1.54) is 12.6 Å². The number of carbonyl (C=O) groups is 1. The molecular weight excluding hydrogens is 412 g/mol. The van der Waals surface area contributed by atoms with Crippen molar-refractivity contribution in [3.05, 3.63) is 18.3 Å². The summed E-state index contributed by atoms with van der Waals surface area (Å²) in [7, 11) is -3.56. The monoisotopic (exact) mass is 448 g/mol. The van der Waals surface area contributed by atoms with Gasteiger partial charge in [-0.15, -0.1) is 0 Å². The number of hydrogen-bond donors (Lipinski definition) is 0. The summed E-state index contributed by atoms with van der Waals surface area (Å²) < 4.78 is 28.1. The molecule has 172 valence electrons. The van der Waals surface area contributed by atoms with Crippen molar-refractivity contribution < 1.29 is 13.2 Å². The summed E-state index contributed by atoms with van der Waals surface area (Å²) in [6.45, 7) is 11.9. The second-order valence-electron chi connectivity index (χ2n) is 10.7. The SMILES string of the molecule is CC(C)(C)CCN1CCC2(CC1)CCN(S(=O)(=O)c1ccc(N3CCCC3=O)nc1)C2. The van der Waals surface area contributed by atoms with Crippen LogP contribution in [0.15, 0.2) is 23.2 Å². The van der Waals surface area contributed by atoms with Crippen LogP contribution < -0.4 is 4.90 Å². The van der Waals surface area contributed by atoms with Gasteiger partial charge in [0.25, 0.3) is 0 Å². The summed E-state index contributed by atoms with van der Waals surface area (Å²) in [5.41, 5.74) is 0.458. The third-order valence-electron chi connectivity index (χ3n) is 7.21. The van der Waals surface area contributed by atoms with Gasteiger partial charge in [0.05, 0.1) is 0 Å². The van der Waals surface area contributed by atoms with Crippen molar-refractivity contribution in [2.75, 3.05) is 44.2 Å². The van der Waals surface area contributed by atoms with E-state index in [2.05, 4.69) is 30.7 Å². The standard InChI is InChI=1S/C23H36N4O3S/c1-22(2,3)8-13-25-14-9-23(10-15-25)11-16-26(18-23)31(29,30)19-6-7-20(24-17-19)27-12-4-5-21(27)28/h6-7,17H,4-5,8-16,18H2,1-3H3. The highest BCUT2D eigenvalue weighted by atomic mass is 32.2. The number of hydrogen-bond acceptors (Lipinski definition) is 5. The normalized spacial score (nSPS) is 23.2. The molecule has 8 heteroatoms. The molecule has 0 N–H and O–H groups in total. The molecule has 0 unspecified atom stereocenters. The Balaban J connectivity index is 1.37. The predicted molar refractivity (Wildman–Crippen MR) is 121 cm³/mol. The Labute approximate surface area is 186 Å². The molecule has 3 aliphatic heterocycles. The van der Waals surface area contributed by atoms with Crippen LogP contribution in [0.2, 0.25) is 0 Å². The van der Waals surface area contributed by atoms with Gasteiger partial charge < -0.3 is 4.90 Å². The molecule has 1 spiro atoms. The number of likely N-dealkylation sites (tertiary alicyclic amines) is 1. The summed E-state index contributed by atoms with van der Waals surface area (Å²) in [5, 5.41) is 0. The van der Waals surface area contributed by atoms with E-state index in [1.807, 2.05) is 0 Å². The zero-order chi connectivity index (χ0) is 22.3. The van der Waals surface area contributed by atoms with Crippen LogP contribution in [0.1, 0.15) is 59.3 Å². The van der Waals surface area contributed by atoms with Crippen molar-refractivity contribution in [2.24, 2.45) is 10.8 Å².